The van der Waals surface area contributed by atoms with Crippen molar-refractivity contribution in [2.24, 2.45) is 0 Å². The average molecular weight is 352 g/mol. The highest BCUT2D eigenvalue weighted by Crippen LogP contribution is 2.43. The number of furan rings is 1. The molecule has 1 aromatic heterocycles. The van der Waals surface area contributed by atoms with Gasteiger partial charge in [0.25, 0.3) is 0 Å². The van der Waals surface area contributed by atoms with Gasteiger partial charge in [0.15, 0.2) is 0 Å². The molecule has 0 aliphatic carbocycles. The van der Waals surface area contributed by atoms with E-state index in [1.54, 1.807) is 0 Å². The van der Waals surface area contributed by atoms with Gasteiger partial charge in [-0.3, -0.25) is 0 Å². The zero-order valence-corrected chi connectivity index (χ0v) is 15.4. The van der Waals surface area contributed by atoms with Crippen molar-refractivity contribution in [2.45, 2.75) is 19.4 Å². The fraction of sp³-hybridized carbons (Fsp3) is 0.120. The normalized spacial score (nSPS) is 12.3. The van der Waals surface area contributed by atoms with Crippen molar-refractivity contribution in [1.82, 2.24) is 0 Å². The summed E-state index contributed by atoms with van der Waals surface area (Å²) in [4.78, 5) is 0. The number of aliphatic hydroxyl groups is 1. The molecule has 0 radical (unpaired) electrons. The van der Waals surface area contributed by atoms with Gasteiger partial charge in [-0.2, -0.15) is 0 Å². The molecule has 1 heterocycles. The SMILES string of the molecule is CC(C)(O)c1ccc2ccccc2c1-c1cccc2oc3ccccc3c12. The Balaban J connectivity index is 2.00. The van der Waals surface area contributed by atoms with E-state index in [-0.39, 0.29) is 0 Å². The first-order valence-corrected chi connectivity index (χ1v) is 9.19. The maximum atomic E-state index is 10.9. The first-order valence-electron chi connectivity index (χ1n) is 9.19. The molecule has 27 heavy (non-hydrogen) atoms. The Kier molecular flexibility index (Phi) is 3.40. The molecule has 2 nitrogen and oxygen atoms in total. The highest BCUT2D eigenvalue weighted by Gasteiger charge is 2.24. The zero-order valence-electron chi connectivity index (χ0n) is 15.4. The van der Waals surface area contributed by atoms with Crippen molar-refractivity contribution in [3.8, 4) is 11.1 Å². The van der Waals surface area contributed by atoms with E-state index >= 15 is 0 Å². The molecular formula is C25H20O2. The van der Waals surface area contributed by atoms with Gasteiger partial charge in [0.1, 0.15) is 11.2 Å². The second kappa shape index (κ2) is 5.70. The Morgan fingerprint density at radius 1 is 0.704 bits per heavy atom. The molecule has 0 saturated heterocycles. The average Bonchev–Trinajstić information content (AvgIpc) is 3.05. The van der Waals surface area contributed by atoms with Crippen molar-refractivity contribution in [2.75, 3.05) is 0 Å². The number of rotatable bonds is 2. The van der Waals surface area contributed by atoms with E-state index in [9.17, 15) is 5.11 Å². The smallest absolute Gasteiger partial charge is 0.136 e. The molecular weight excluding hydrogens is 332 g/mol. The van der Waals surface area contributed by atoms with Gasteiger partial charge < -0.3 is 9.52 Å². The molecule has 0 bridgehead atoms. The maximum Gasteiger partial charge on any atom is 0.136 e. The lowest BCUT2D eigenvalue weighted by Crippen LogP contribution is -2.17. The van der Waals surface area contributed by atoms with Crippen molar-refractivity contribution >= 4 is 32.7 Å². The Morgan fingerprint density at radius 2 is 1.41 bits per heavy atom. The molecule has 0 saturated carbocycles. The Bertz CT molecular complexity index is 1300. The number of para-hydroxylation sites is 1. The van der Waals surface area contributed by atoms with Gasteiger partial charge >= 0.3 is 0 Å². The van der Waals surface area contributed by atoms with Crippen LogP contribution in [-0.4, -0.2) is 5.11 Å². The largest absolute Gasteiger partial charge is 0.456 e. The van der Waals surface area contributed by atoms with Crippen molar-refractivity contribution in [3.63, 3.8) is 0 Å². The second-order valence-electron chi connectivity index (χ2n) is 7.55. The van der Waals surface area contributed by atoms with Crippen LogP contribution in [0.25, 0.3) is 43.8 Å². The topological polar surface area (TPSA) is 33.4 Å². The molecule has 0 unspecified atom stereocenters. The molecule has 4 aromatic carbocycles. The quantitative estimate of drug-likeness (QED) is 0.386. The first kappa shape index (κ1) is 16.1. The number of benzene rings is 4. The molecule has 0 spiro atoms. The van der Waals surface area contributed by atoms with E-state index < -0.39 is 5.60 Å². The van der Waals surface area contributed by atoms with Gasteiger partial charge in [-0.05, 0) is 53.4 Å². The van der Waals surface area contributed by atoms with E-state index in [0.717, 1.165) is 49.4 Å². The summed E-state index contributed by atoms with van der Waals surface area (Å²) >= 11 is 0. The number of fused-ring (bicyclic) bond motifs is 4. The molecule has 132 valence electrons. The van der Waals surface area contributed by atoms with Crippen LogP contribution in [0.4, 0.5) is 0 Å². The minimum absolute atomic E-state index is 0.864. The van der Waals surface area contributed by atoms with Crippen LogP contribution in [-0.2, 0) is 5.60 Å². The van der Waals surface area contributed by atoms with Crippen molar-refractivity contribution in [1.29, 1.82) is 0 Å². The van der Waals surface area contributed by atoms with E-state index in [0.29, 0.717) is 0 Å². The summed E-state index contributed by atoms with van der Waals surface area (Å²) in [6.45, 7) is 3.68. The number of hydrogen-bond acceptors (Lipinski definition) is 2. The van der Waals surface area contributed by atoms with Gasteiger partial charge in [-0.15, -0.1) is 0 Å². The minimum atomic E-state index is -0.957. The summed E-state index contributed by atoms with van der Waals surface area (Å²) in [7, 11) is 0. The van der Waals surface area contributed by atoms with Gasteiger partial charge in [-0.1, -0.05) is 66.7 Å². The lowest BCUT2D eigenvalue weighted by Gasteiger charge is -2.24. The minimum Gasteiger partial charge on any atom is -0.456 e. The monoisotopic (exact) mass is 352 g/mol. The van der Waals surface area contributed by atoms with Crippen molar-refractivity contribution < 1.29 is 9.52 Å². The summed E-state index contributed by atoms with van der Waals surface area (Å²) < 4.78 is 6.09. The Hall–Kier alpha value is -3.10. The lowest BCUT2D eigenvalue weighted by atomic mass is 9.84. The standard InChI is InChI=1S/C25H20O2/c1-25(2,26)20-15-14-16-8-3-4-9-17(16)23(20)19-11-7-13-22-24(19)18-10-5-6-12-21(18)27-22/h3-15,26H,1-2H3. The summed E-state index contributed by atoms with van der Waals surface area (Å²) in [5, 5.41) is 15.4. The van der Waals surface area contributed by atoms with E-state index in [2.05, 4.69) is 30.3 Å². The third kappa shape index (κ3) is 2.45. The highest BCUT2D eigenvalue weighted by atomic mass is 16.3. The Morgan fingerprint density at radius 3 is 2.22 bits per heavy atom. The van der Waals surface area contributed by atoms with Gasteiger partial charge in [0, 0.05) is 10.8 Å². The molecule has 0 atom stereocenters. The van der Waals surface area contributed by atoms with Crippen LogP contribution in [0.3, 0.4) is 0 Å². The van der Waals surface area contributed by atoms with Crippen LogP contribution in [0.5, 0.6) is 0 Å². The lowest BCUT2D eigenvalue weighted by molar-refractivity contribution is 0.0793. The molecule has 5 aromatic rings. The van der Waals surface area contributed by atoms with Crippen LogP contribution in [0.15, 0.2) is 83.3 Å². The summed E-state index contributed by atoms with van der Waals surface area (Å²) in [5.74, 6) is 0. The Labute approximate surface area is 157 Å². The molecule has 0 aliphatic rings. The first-order chi connectivity index (χ1) is 13.0. The van der Waals surface area contributed by atoms with Crippen LogP contribution in [0, 0.1) is 0 Å². The van der Waals surface area contributed by atoms with Gasteiger partial charge in [0.2, 0.25) is 0 Å². The second-order valence-corrected chi connectivity index (χ2v) is 7.55. The van der Waals surface area contributed by atoms with Crippen LogP contribution < -0.4 is 0 Å². The molecule has 1 N–H and O–H groups in total. The van der Waals surface area contributed by atoms with E-state index in [4.69, 9.17) is 4.42 Å². The molecule has 0 amide bonds. The maximum absolute atomic E-state index is 10.9. The molecule has 2 heteroatoms. The van der Waals surface area contributed by atoms with Crippen LogP contribution >= 0.6 is 0 Å². The number of hydrogen-bond donors (Lipinski definition) is 1. The van der Waals surface area contributed by atoms with Crippen LogP contribution in [0.1, 0.15) is 19.4 Å². The van der Waals surface area contributed by atoms with E-state index in [1.165, 1.54) is 0 Å². The van der Waals surface area contributed by atoms with E-state index in [1.807, 2.05) is 62.4 Å². The fourth-order valence-corrected chi connectivity index (χ4v) is 4.05. The predicted molar refractivity (Wildman–Crippen MR) is 112 cm³/mol. The molecule has 5 rings (SSSR count). The van der Waals surface area contributed by atoms with Gasteiger partial charge in [-0.25, -0.2) is 0 Å². The third-order valence-electron chi connectivity index (χ3n) is 5.26. The third-order valence-corrected chi connectivity index (χ3v) is 5.26. The van der Waals surface area contributed by atoms with Gasteiger partial charge in [0.05, 0.1) is 5.60 Å². The summed E-state index contributed by atoms with van der Waals surface area (Å²) in [5.41, 5.74) is 3.86. The summed E-state index contributed by atoms with van der Waals surface area (Å²) in [6.07, 6.45) is 0. The molecule has 0 aliphatic heterocycles. The zero-order chi connectivity index (χ0) is 18.6. The molecule has 0 fully saturated rings. The van der Waals surface area contributed by atoms with Crippen molar-refractivity contribution in [3.05, 3.63) is 84.4 Å². The van der Waals surface area contributed by atoms with Crippen LogP contribution in [0.2, 0.25) is 0 Å². The highest BCUT2D eigenvalue weighted by molar-refractivity contribution is 6.15. The summed E-state index contributed by atoms with van der Waals surface area (Å²) in [6, 6.07) is 26.7. The predicted octanol–water partition coefficient (Wildman–Crippen LogP) is 6.63. The fourth-order valence-electron chi connectivity index (χ4n) is 4.05.